The second-order valence-electron chi connectivity index (χ2n) is 1.83. The van der Waals surface area contributed by atoms with Crippen LogP contribution in [-0.2, 0) is 22.0 Å². The zero-order chi connectivity index (χ0) is 11.7. The molecule has 0 radical (unpaired) electrons. The van der Waals surface area contributed by atoms with Gasteiger partial charge < -0.3 is 0 Å². The fraction of sp³-hybridized carbons (Fsp3) is 1.00. The Labute approximate surface area is 79.2 Å². The topological polar surface area (TPSA) is 37.4 Å². The SMILES string of the molecule is CN(S(=O)C(F)(F)F)S(=O)C(F)(F)F. The van der Waals surface area contributed by atoms with Gasteiger partial charge in [-0.25, -0.2) is 8.42 Å². The minimum absolute atomic E-state index is 0.202. The highest BCUT2D eigenvalue weighted by Crippen LogP contribution is 2.28. The maximum atomic E-state index is 11.6. The first-order chi connectivity index (χ1) is 5.98. The second-order valence-corrected chi connectivity index (χ2v) is 5.08. The molecule has 0 aliphatic rings. The summed E-state index contributed by atoms with van der Waals surface area (Å²) in [6.07, 6.45) is 0. The van der Waals surface area contributed by atoms with E-state index in [9.17, 15) is 34.8 Å². The molecule has 11 heteroatoms. The molecule has 2 unspecified atom stereocenters. The molecule has 14 heavy (non-hydrogen) atoms. The lowest BCUT2D eigenvalue weighted by Crippen LogP contribution is -2.39. The van der Waals surface area contributed by atoms with Gasteiger partial charge in [0.25, 0.3) is 0 Å². The summed E-state index contributed by atoms with van der Waals surface area (Å²) in [6, 6.07) is 0. The molecule has 0 aliphatic carbocycles. The summed E-state index contributed by atoms with van der Waals surface area (Å²) in [6.45, 7) is 0. The van der Waals surface area contributed by atoms with E-state index in [0.717, 1.165) is 0 Å². The minimum Gasteiger partial charge on any atom is -0.232 e. The summed E-state index contributed by atoms with van der Waals surface area (Å²) >= 11 is 0. The van der Waals surface area contributed by atoms with Crippen LogP contribution in [0.5, 0.6) is 0 Å². The monoisotopic (exact) mass is 263 g/mol. The highest BCUT2D eigenvalue weighted by Gasteiger charge is 2.49. The lowest BCUT2D eigenvalue weighted by atomic mass is 11.5. The Kier molecular flexibility index (Phi) is 4.10. The minimum atomic E-state index is -5.37. The lowest BCUT2D eigenvalue weighted by Gasteiger charge is -2.17. The molecule has 0 saturated heterocycles. The van der Waals surface area contributed by atoms with E-state index in [-0.39, 0.29) is 7.05 Å². The van der Waals surface area contributed by atoms with E-state index in [1.807, 2.05) is 0 Å². The van der Waals surface area contributed by atoms with Crippen molar-refractivity contribution < 1.29 is 34.8 Å². The van der Waals surface area contributed by atoms with Crippen LogP contribution >= 0.6 is 0 Å². The Bertz CT molecular complexity index is 233. The molecule has 0 heterocycles. The number of halogens is 6. The Hall–Kier alpha value is -0.160. The van der Waals surface area contributed by atoms with Gasteiger partial charge in [0, 0.05) is 7.05 Å². The molecule has 0 fully saturated rings. The predicted octanol–water partition coefficient (Wildman–Crippen LogP) is 1.29. The van der Waals surface area contributed by atoms with Gasteiger partial charge in [-0.05, 0) is 0 Å². The number of nitrogens with zero attached hydrogens (tertiary/aromatic N) is 1. The van der Waals surface area contributed by atoms with Gasteiger partial charge in [-0.2, -0.15) is 26.3 Å². The smallest absolute Gasteiger partial charge is 0.232 e. The molecule has 0 aromatic carbocycles. The first-order valence-corrected chi connectivity index (χ1v) is 4.90. The average Bonchev–Trinajstić information content (AvgIpc) is 1.97. The number of hydrogen-bond acceptors (Lipinski definition) is 2. The number of alkyl halides is 6. The van der Waals surface area contributed by atoms with Gasteiger partial charge in [-0.1, -0.05) is 0 Å². The van der Waals surface area contributed by atoms with Gasteiger partial charge >= 0.3 is 11.0 Å². The van der Waals surface area contributed by atoms with Crippen LogP contribution in [0.1, 0.15) is 0 Å². The molecule has 0 spiro atoms. The summed E-state index contributed by atoms with van der Waals surface area (Å²) in [7, 11) is -7.69. The number of hydrogen-bond donors (Lipinski definition) is 0. The van der Waals surface area contributed by atoms with Crippen molar-refractivity contribution in [1.29, 1.82) is 0 Å². The van der Waals surface area contributed by atoms with E-state index in [1.54, 1.807) is 0 Å². The largest absolute Gasteiger partial charge is 0.486 e. The van der Waals surface area contributed by atoms with Crippen molar-refractivity contribution in [3.8, 4) is 0 Å². The number of rotatable bonds is 2. The van der Waals surface area contributed by atoms with E-state index in [4.69, 9.17) is 0 Å². The van der Waals surface area contributed by atoms with Crippen LogP contribution in [0.2, 0.25) is 0 Å². The van der Waals surface area contributed by atoms with E-state index in [0.29, 0.717) is 0 Å². The van der Waals surface area contributed by atoms with Crippen molar-refractivity contribution in [3.05, 3.63) is 0 Å². The van der Waals surface area contributed by atoms with Gasteiger partial charge in [-0.15, -0.1) is 3.71 Å². The molecule has 2 atom stereocenters. The van der Waals surface area contributed by atoms with Gasteiger partial charge in [0.15, 0.2) is 0 Å². The third kappa shape index (κ3) is 3.53. The molecule has 0 bridgehead atoms. The maximum Gasteiger partial charge on any atom is 0.486 e. The first-order valence-electron chi connectivity index (χ1n) is 2.69. The van der Waals surface area contributed by atoms with Gasteiger partial charge in [0.2, 0.25) is 22.0 Å². The Morgan fingerprint density at radius 1 is 0.857 bits per heavy atom. The van der Waals surface area contributed by atoms with Crippen LogP contribution < -0.4 is 0 Å². The summed E-state index contributed by atoms with van der Waals surface area (Å²) < 4.78 is 89.4. The van der Waals surface area contributed by atoms with Crippen molar-refractivity contribution in [2.24, 2.45) is 0 Å². The molecule has 0 rings (SSSR count). The molecule has 3 nitrogen and oxygen atoms in total. The van der Waals surface area contributed by atoms with Crippen LogP contribution in [0.15, 0.2) is 0 Å². The fourth-order valence-corrected chi connectivity index (χ4v) is 1.94. The highest BCUT2D eigenvalue weighted by atomic mass is 32.3. The van der Waals surface area contributed by atoms with Gasteiger partial charge in [0.05, 0.1) is 0 Å². The highest BCUT2D eigenvalue weighted by molar-refractivity contribution is 7.98. The first kappa shape index (κ1) is 13.8. The van der Waals surface area contributed by atoms with E-state index >= 15 is 0 Å². The van der Waals surface area contributed by atoms with Crippen molar-refractivity contribution in [1.82, 2.24) is 3.71 Å². The molecule has 0 aliphatic heterocycles. The van der Waals surface area contributed by atoms with E-state index in [2.05, 4.69) is 0 Å². The average molecular weight is 263 g/mol. The molecule has 86 valence electrons. The van der Waals surface area contributed by atoms with Crippen molar-refractivity contribution >= 4 is 22.0 Å². The lowest BCUT2D eigenvalue weighted by molar-refractivity contribution is -0.0453. The van der Waals surface area contributed by atoms with Crippen LogP contribution in [0.25, 0.3) is 0 Å². The molecular formula is C3H3F6NO2S2. The van der Waals surface area contributed by atoms with Gasteiger partial charge in [0.1, 0.15) is 0 Å². The van der Waals surface area contributed by atoms with Crippen molar-refractivity contribution in [2.45, 2.75) is 11.0 Å². The normalized spacial score (nSPS) is 18.3. The molecular weight excluding hydrogens is 260 g/mol. The Morgan fingerprint density at radius 2 is 1.07 bits per heavy atom. The summed E-state index contributed by atoms with van der Waals surface area (Å²) in [5.41, 5.74) is -10.7. The van der Waals surface area contributed by atoms with Crippen LogP contribution in [0.4, 0.5) is 26.3 Å². The molecule has 0 amide bonds. The molecule has 0 aromatic heterocycles. The van der Waals surface area contributed by atoms with Crippen LogP contribution in [0.3, 0.4) is 0 Å². The fourth-order valence-electron chi connectivity index (χ4n) is 0.353. The summed E-state index contributed by atoms with van der Waals surface area (Å²) in [5.74, 6) is 0. The van der Waals surface area contributed by atoms with Crippen LogP contribution in [-0.4, -0.2) is 30.2 Å². The quantitative estimate of drug-likeness (QED) is 0.704. The Balaban J connectivity index is 4.74. The maximum absolute atomic E-state index is 11.6. The zero-order valence-electron chi connectivity index (χ0n) is 6.35. The molecule has 0 aromatic rings. The van der Waals surface area contributed by atoms with Gasteiger partial charge in [-0.3, -0.25) is 0 Å². The third-order valence-corrected chi connectivity index (χ3v) is 3.40. The molecule has 0 N–H and O–H groups in total. The van der Waals surface area contributed by atoms with Crippen molar-refractivity contribution in [3.63, 3.8) is 0 Å². The third-order valence-electron chi connectivity index (χ3n) is 0.863. The molecule has 0 saturated carbocycles. The van der Waals surface area contributed by atoms with E-state index < -0.39 is 36.7 Å². The van der Waals surface area contributed by atoms with Crippen LogP contribution in [0, 0.1) is 0 Å². The summed E-state index contributed by atoms with van der Waals surface area (Å²) in [5, 5.41) is 0. The zero-order valence-corrected chi connectivity index (χ0v) is 7.98. The second kappa shape index (κ2) is 4.14. The standard InChI is InChI=1S/C3H3F6NO2S2/c1-10(13(11)2(4,5)6)14(12)3(7,8)9/h1H3. The van der Waals surface area contributed by atoms with E-state index in [1.165, 1.54) is 0 Å². The predicted molar refractivity (Wildman–Crippen MR) is 36.2 cm³/mol. The summed E-state index contributed by atoms with van der Waals surface area (Å²) in [4.78, 5) is 0. The van der Waals surface area contributed by atoms with Crippen molar-refractivity contribution in [2.75, 3.05) is 7.05 Å². The Morgan fingerprint density at radius 3 is 1.21 bits per heavy atom.